The van der Waals surface area contributed by atoms with Crippen molar-refractivity contribution in [3.63, 3.8) is 0 Å². The van der Waals surface area contributed by atoms with Crippen molar-refractivity contribution < 1.29 is 4.74 Å². The molecule has 4 rings (SSSR count). The molecule has 0 N–H and O–H groups in total. The molecule has 0 spiro atoms. The van der Waals surface area contributed by atoms with E-state index in [1.165, 1.54) is 17.7 Å². The fourth-order valence-corrected chi connectivity index (χ4v) is 3.31. The molecule has 5 radical (unpaired) electrons. The van der Waals surface area contributed by atoms with Crippen LogP contribution in [0.2, 0.25) is 0 Å². The van der Waals surface area contributed by atoms with Crippen LogP contribution in [0.5, 0.6) is 5.75 Å². The minimum absolute atomic E-state index is 0.646. The van der Waals surface area contributed by atoms with E-state index in [1.807, 2.05) is 49.9 Å². The molecule has 25 heavy (non-hydrogen) atoms. The van der Waals surface area contributed by atoms with Crippen molar-refractivity contribution in [2.75, 3.05) is 7.11 Å². The molecule has 7 heteroatoms. The molecule has 0 atom stereocenters. The summed E-state index contributed by atoms with van der Waals surface area (Å²) in [6, 6.07) is 7.73. The van der Waals surface area contributed by atoms with E-state index in [0.29, 0.717) is 5.13 Å². The van der Waals surface area contributed by atoms with Crippen molar-refractivity contribution in [3.05, 3.63) is 79.8 Å². The van der Waals surface area contributed by atoms with Gasteiger partial charge in [0.25, 0.3) is 0 Å². The van der Waals surface area contributed by atoms with Crippen LogP contribution in [0, 0.1) is 31.6 Å². The van der Waals surface area contributed by atoms with Gasteiger partial charge in [0, 0.05) is 17.7 Å². The quantitative estimate of drug-likeness (QED) is 0.664. The van der Waals surface area contributed by atoms with Crippen LogP contribution in [-0.2, 0) is 0 Å². The fourth-order valence-electron chi connectivity index (χ4n) is 2.44. The number of hydrogen-bond acceptors (Lipinski definition) is 6. The number of thiazole rings is 1. The van der Waals surface area contributed by atoms with E-state index < -0.39 is 0 Å². The van der Waals surface area contributed by atoms with Crippen LogP contribution < -0.4 is 4.74 Å². The summed E-state index contributed by atoms with van der Waals surface area (Å²) < 4.78 is 7.06. The highest BCUT2D eigenvalue weighted by Crippen LogP contribution is 2.38. The molecule has 1 aromatic carbocycles. The average Bonchev–Trinajstić information content (AvgIpc) is 3.40. The minimum Gasteiger partial charge on any atom is -0.496 e. The van der Waals surface area contributed by atoms with Gasteiger partial charge in [-0.3, -0.25) is 0 Å². The van der Waals surface area contributed by atoms with E-state index in [9.17, 15) is 0 Å². The molecule has 2 heterocycles. The van der Waals surface area contributed by atoms with Crippen molar-refractivity contribution in [1.82, 2.24) is 19.7 Å². The molecular weight excluding hydrogens is 334 g/mol. The van der Waals surface area contributed by atoms with Crippen molar-refractivity contribution in [1.29, 1.82) is 0 Å². The summed E-state index contributed by atoms with van der Waals surface area (Å²) in [5, 5.41) is 5.75. The topological polar surface area (TPSA) is 65.2 Å². The Morgan fingerprint density at radius 3 is 2.80 bits per heavy atom. The Morgan fingerprint density at radius 1 is 1.20 bits per heavy atom. The molecule has 6 nitrogen and oxygen atoms in total. The summed E-state index contributed by atoms with van der Waals surface area (Å²) >= 11 is 1.46. The van der Waals surface area contributed by atoms with Crippen LogP contribution >= 0.6 is 11.3 Å². The summed E-state index contributed by atoms with van der Waals surface area (Å²) in [5.74, 6) is 1.80. The van der Waals surface area contributed by atoms with Crippen LogP contribution in [0.25, 0.3) is 5.00 Å². The molecule has 1 aliphatic rings. The van der Waals surface area contributed by atoms with Gasteiger partial charge in [-0.2, -0.15) is 5.10 Å². The molecule has 0 bridgehead atoms. The number of para-hydroxylation sites is 1. The minimum atomic E-state index is 0.646. The number of nitrogens with zero attached hydrogens (tertiary/aromatic N) is 5. The van der Waals surface area contributed by atoms with Gasteiger partial charge in [-0.15, -0.1) is 0 Å². The largest absolute Gasteiger partial charge is 0.496 e. The first kappa shape index (κ1) is 16.0. The van der Waals surface area contributed by atoms with E-state index in [4.69, 9.17) is 4.74 Å². The summed E-state index contributed by atoms with van der Waals surface area (Å²) in [7, 11) is 1.65. The predicted octanol–water partition coefficient (Wildman–Crippen LogP) is 3.24. The smallest absolute Gasteiger partial charge is 0.211 e. The second-order valence-electron chi connectivity index (χ2n) is 5.16. The first-order chi connectivity index (χ1) is 12.3. The first-order valence-electron chi connectivity index (χ1n) is 7.60. The Labute approximate surface area is 150 Å². The Kier molecular flexibility index (Phi) is 4.56. The van der Waals surface area contributed by atoms with Crippen molar-refractivity contribution in [3.8, 4) is 10.8 Å². The molecule has 123 valence electrons. The lowest BCUT2D eigenvalue weighted by Crippen LogP contribution is -2.02. The van der Waals surface area contributed by atoms with Crippen LogP contribution in [0.3, 0.4) is 0 Å². The van der Waals surface area contributed by atoms with Crippen LogP contribution in [-0.4, -0.2) is 33.1 Å². The van der Waals surface area contributed by atoms with Gasteiger partial charge in [-0.05, 0) is 37.8 Å². The number of aliphatic imine (C=N–C) groups is 1. The monoisotopic (exact) mass is 348 g/mol. The number of rotatable bonds is 5. The third-order valence-electron chi connectivity index (χ3n) is 3.61. The van der Waals surface area contributed by atoms with E-state index in [2.05, 4.69) is 20.1 Å². The van der Waals surface area contributed by atoms with Crippen molar-refractivity contribution >= 4 is 22.7 Å². The Morgan fingerprint density at radius 2 is 2.04 bits per heavy atom. The zero-order valence-electron chi connectivity index (χ0n) is 13.4. The second-order valence-corrected chi connectivity index (χ2v) is 6.12. The maximum Gasteiger partial charge on any atom is 0.211 e. The fraction of sp³-hybridized carbons (Fsp3) is 0.0556. The van der Waals surface area contributed by atoms with Crippen LogP contribution in [0.4, 0.5) is 5.13 Å². The van der Waals surface area contributed by atoms with Crippen LogP contribution in [0.1, 0.15) is 11.3 Å². The molecule has 1 saturated carbocycles. The normalized spacial score (nSPS) is 15.2. The van der Waals surface area contributed by atoms with Crippen molar-refractivity contribution in [2.24, 2.45) is 4.99 Å². The maximum absolute atomic E-state index is 5.35. The predicted molar refractivity (Wildman–Crippen MR) is 96.8 cm³/mol. The Bertz CT molecular complexity index is 865. The van der Waals surface area contributed by atoms with Crippen LogP contribution in [0.15, 0.2) is 41.9 Å². The molecular formula is C18H14N5OS. The van der Waals surface area contributed by atoms with Gasteiger partial charge in [0.15, 0.2) is 0 Å². The summed E-state index contributed by atoms with van der Waals surface area (Å²) in [6.07, 6.45) is 12.9. The standard InChI is InChI=1S/C18H14N5OS/c1-24-15-9-5-4-8-14(15)10-20-18-22-16(13-6-2-3-7-13)17(25-18)23-12-19-11-21-23/h2-12H,1H3/b20-10+. The highest BCUT2D eigenvalue weighted by Gasteiger charge is 2.26. The molecule has 2 aromatic heterocycles. The highest BCUT2D eigenvalue weighted by atomic mass is 32.1. The third-order valence-corrected chi connectivity index (χ3v) is 4.57. The van der Waals surface area contributed by atoms with E-state index in [1.54, 1.807) is 24.3 Å². The Balaban J connectivity index is 1.68. The van der Waals surface area contributed by atoms with Crippen molar-refractivity contribution in [2.45, 2.75) is 0 Å². The maximum atomic E-state index is 5.35. The zero-order valence-corrected chi connectivity index (χ0v) is 14.2. The van der Waals surface area contributed by atoms with Gasteiger partial charge in [0.05, 0.1) is 12.8 Å². The lowest BCUT2D eigenvalue weighted by Gasteiger charge is -2.06. The third kappa shape index (κ3) is 3.32. The van der Waals surface area contributed by atoms with Gasteiger partial charge in [0.1, 0.15) is 23.4 Å². The molecule has 1 aliphatic carbocycles. The lowest BCUT2D eigenvalue weighted by molar-refractivity contribution is 0.414. The van der Waals surface area contributed by atoms with E-state index >= 15 is 0 Å². The number of benzene rings is 1. The van der Waals surface area contributed by atoms with E-state index in [-0.39, 0.29) is 0 Å². The number of ether oxygens (including phenoxy) is 1. The van der Waals surface area contributed by atoms with E-state index in [0.717, 1.165) is 27.9 Å². The molecule has 0 unspecified atom stereocenters. The second kappa shape index (κ2) is 7.14. The first-order valence-corrected chi connectivity index (χ1v) is 8.42. The number of aromatic nitrogens is 4. The highest BCUT2D eigenvalue weighted by molar-refractivity contribution is 7.18. The van der Waals surface area contributed by atoms with Gasteiger partial charge < -0.3 is 4.74 Å². The molecule has 0 saturated heterocycles. The molecule has 0 aliphatic heterocycles. The Hall–Kier alpha value is -2.54. The SMILES string of the molecule is COc1ccccc1/C=N/c1nc([C]2[CH][CH][CH][CH]2)c(-n2cncn2)s1. The zero-order chi connectivity index (χ0) is 17.1. The number of hydrogen-bond donors (Lipinski definition) is 0. The van der Waals surface area contributed by atoms with Gasteiger partial charge in [-0.1, -0.05) is 23.5 Å². The number of methoxy groups -OCH3 is 1. The van der Waals surface area contributed by atoms with Gasteiger partial charge in [-0.25, -0.2) is 19.6 Å². The molecule has 0 amide bonds. The molecule has 3 aromatic rings. The average molecular weight is 348 g/mol. The summed E-state index contributed by atoms with van der Waals surface area (Å²) in [6.45, 7) is 0. The lowest BCUT2D eigenvalue weighted by atomic mass is 10.1. The van der Waals surface area contributed by atoms with Gasteiger partial charge in [0.2, 0.25) is 5.13 Å². The summed E-state index contributed by atoms with van der Waals surface area (Å²) in [4.78, 5) is 13.2. The molecule has 1 fully saturated rings. The summed E-state index contributed by atoms with van der Waals surface area (Å²) in [5.41, 5.74) is 1.74. The van der Waals surface area contributed by atoms with Gasteiger partial charge >= 0.3 is 0 Å².